The Bertz CT molecular complexity index is 778. The Hall–Kier alpha value is -3.20. The highest BCUT2D eigenvalue weighted by Gasteiger charge is 2.36. The lowest BCUT2D eigenvalue weighted by molar-refractivity contribution is -0.142. The summed E-state index contributed by atoms with van der Waals surface area (Å²) < 4.78 is 0. The molecule has 2 rings (SSSR count). The molecule has 4 N–H and O–H groups in total. The summed E-state index contributed by atoms with van der Waals surface area (Å²) in [6.07, 6.45) is 4.15. The Labute approximate surface area is 169 Å². The van der Waals surface area contributed by atoms with Crippen LogP contribution in [0.15, 0.2) is 36.4 Å². The molecule has 0 aromatic heterocycles. The molecule has 9 heteroatoms. The van der Waals surface area contributed by atoms with Crippen LogP contribution in [0.5, 0.6) is 0 Å². The summed E-state index contributed by atoms with van der Waals surface area (Å²) in [6.45, 7) is 3.52. The van der Waals surface area contributed by atoms with E-state index in [4.69, 9.17) is 0 Å². The molecule has 0 radical (unpaired) electrons. The number of amides is 5. The van der Waals surface area contributed by atoms with Crippen LogP contribution < -0.4 is 16.2 Å². The van der Waals surface area contributed by atoms with Gasteiger partial charge < -0.3 is 0 Å². The highest BCUT2D eigenvalue weighted by atomic mass is 16.5. The number of hydroxylamine groups is 1. The zero-order valence-electron chi connectivity index (χ0n) is 16.4. The summed E-state index contributed by atoms with van der Waals surface area (Å²) in [7, 11) is 0. The summed E-state index contributed by atoms with van der Waals surface area (Å²) in [6, 6.07) is 8.74. The van der Waals surface area contributed by atoms with Crippen molar-refractivity contribution >= 4 is 29.8 Å². The number of urea groups is 1. The van der Waals surface area contributed by atoms with Crippen molar-refractivity contribution in [3.05, 3.63) is 42.0 Å². The minimum atomic E-state index is -0.858. The molecule has 29 heavy (non-hydrogen) atoms. The number of hydrogen-bond acceptors (Lipinski definition) is 5. The fraction of sp³-hybridized carbons (Fsp3) is 0.400. The lowest BCUT2D eigenvalue weighted by atomic mass is 9.82. The smallest absolute Gasteiger partial charge is 0.289 e. The second-order valence-corrected chi connectivity index (χ2v) is 7.28. The van der Waals surface area contributed by atoms with E-state index in [-0.39, 0.29) is 18.9 Å². The maximum Gasteiger partial charge on any atom is 0.343 e. The molecule has 156 valence electrons. The van der Waals surface area contributed by atoms with Gasteiger partial charge in [-0.15, -0.1) is 0 Å². The highest BCUT2D eigenvalue weighted by molar-refractivity contribution is 6.02. The SMILES string of the molecule is CC(C)C[C@@H](C(=O)NN1CC(=O)NC1=O)[C@H](CC=Cc1ccccc1)C(=O)NO. The van der Waals surface area contributed by atoms with Crippen LogP contribution in [0.3, 0.4) is 0 Å². The normalized spacial score (nSPS) is 16.1. The van der Waals surface area contributed by atoms with Gasteiger partial charge in [-0.2, -0.15) is 0 Å². The Kier molecular flexibility index (Phi) is 7.90. The number of hydrogen-bond donors (Lipinski definition) is 4. The molecule has 1 aromatic carbocycles. The van der Waals surface area contributed by atoms with Crippen molar-refractivity contribution in [3.8, 4) is 0 Å². The summed E-state index contributed by atoms with van der Waals surface area (Å²) in [5.41, 5.74) is 4.98. The Morgan fingerprint density at radius 3 is 2.41 bits per heavy atom. The molecule has 0 saturated carbocycles. The third-order valence-corrected chi connectivity index (χ3v) is 4.53. The van der Waals surface area contributed by atoms with Gasteiger partial charge in [-0.1, -0.05) is 56.3 Å². The van der Waals surface area contributed by atoms with Crippen LogP contribution in [0.4, 0.5) is 4.79 Å². The molecule has 1 aliphatic rings. The molecule has 5 amide bonds. The summed E-state index contributed by atoms with van der Waals surface area (Å²) >= 11 is 0. The summed E-state index contributed by atoms with van der Waals surface area (Å²) in [5, 5.41) is 12.1. The number of carbonyl (C=O) groups excluding carboxylic acids is 4. The van der Waals surface area contributed by atoms with E-state index in [0.29, 0.717) is 6.42 Å². The fourth-order valence-electron chi connectivity index (χ4n) is 3.16. The Balaban J connectivity index is 2.17. The van der Waals surface area contributed by atoms with E-state index >= 15 is 0 Å². The van der Waals surface area contributed by atoms with Gasteiger partial charge in [0, 0.05) is 0 Å². The van der Waals surface area contributed by atoms with Gasteiger partial charge in [-0.3, -0.25) is 30.3 Å². The van der Waals surface area contributed by atoms with Gasteiger partial charge in [0.1, 0.15) is 6.54 Å². The van der Waals surface area contributed by atoms with E-state index in [1.165, 1.54) is 0 Å². The van der Waals surface area contributed by atoms with Gasteiger partial charge in [0.2, 0.25) is 17.7 Å². The number of benzene rings is 1. The number of rotatable bonds is 9. The van der Waals surface area contributed by atoms with Crippen LogP contribution in [-0.2, 0) is 14.4 Å². The molecular weight excluding hydrogens is 376 g/mol. The Morgan fingerprint density at radius 1 is 1.17 bits per heavy atom. The average Bonchev–Trinajstić information content (AvgIpc) is 3.00. The van der Waals surface area contributed by atoms with Gasteiger partial charge in [-0.25, -0.2) is 15.3 Å². The highest BCUT2D eigenvalue weighted by Crippen LogP contribution is 2.25. The Morgan fingerprint density at radius 2 is 1.86 bits per heavy atom. The monoisotopic (exact) mass is 402 g/mol. The lowest BCUT2D eigenvalue weighted by Crippen LogP contribution is -2.49. The molecular formula is C20H26N4O5. The zero-order chi connectivity index (χ0) is 21.4. The van der Waals surface area contributed by atoms with Crippen molar-refractivity contribution in [2.24, 2.45) is 17.8 Å². The molecule has 1 aromatic rings. The molecule has 0 bridgehead atoms. The van der Waals surface area contributed by atoms with Crippen LogP contribution in [0, 0.1) is 17.8 Å². The first kappa shape index (κ1) is 22.1. The number of allylic oxidation sites excluding steroid dienone is 1. The molecule has 1 aliphatic heterocycles. The topological polar surface area (TPSA) is 128 Å². The molecule has 9 nitrogen and oxygen atoms in total. The maximum atomic E-state index is 12.9. The van der Waals surface area contributed by atoms with Gasteiger partial charge in [0.15, 0.2) is 0 Å². The zero-order valence-corrected chi connectivity index (χ0v) is 16.4. The number of nitrogens with zero attached hydrogens (tertiary/aromatic N) is 1. The average molecular weight is 402 g/mol. The van der Waals surface area contributed by atoms with Gasteiger partial charge >= 0.3 is 6.03 Å². The quantitative estimate of drug-likeness (QED) is 0.282. The molecule has 1 fully saturated rings. The second kappa shape index (κ2) is 10.4. The van der Waals surface area contributed by atoms with Crippen LogP contribution >= 0.6 is 0 Å². The number of hydrazine groups is 1. The minimum Gasteiger partial charge on any atom is -0.289 e. The number of carbonyl (C=O) groups is 4. The third-order valence-electron chi connectivity index (χ3n) is 4.53. The van der Waals surface area contributed by atoms with E-state index in [0.717, 1.165) is 10.6 Å². The van der Waals surface area contributed by atoms with E-state index in [1.807, 2.05) is 50.3 Å². The van der Waals surface area contributed by atoms with E-state index in [2.05, 4.69) is 10.7 Å². The first-order chi connectivity index (χ1) is 13.8. The van der Waals surface area contributed by atoms with Crippen LogP contribution in [-0.4, -0.2) is 40.5 Å². The fourth-order valence-corrected chi connectivity index (χ4v) is 3.16. The van der Waals surface area contributed by atoms with Crippen molar-refractivity contribution in [3.63, 3.8) is 0 Å². The van der Waals surface area contributed by atoms with E-state index in [1.54, 1.807) is 11.6 Å². The van der Waals surface area contributed by atoms with Crippen molar-refractivity contribution < 1.29 is 24.4 Å². The molecule has 2 atom stereocenters. The number of nitrogens with one attached hydrogen (secondary N) is 3. The standard InChI is InChI=1S/C20H26N4O5/c1-13(2)11-16(18(26)22-24-12-17(25)21-20(24)28)15(19(27)23-29)10-6-9-14-7-4-3-5-8-14/h3-9,13,15-16,29H,10-12H2,1-2H3,(H,22,26)(H,23,27)(H,21,25,28)/t15-,16+/m0/s1. The molecule has 0 aliphatic carbocycles. The van der Waals surface area contributed by atoms with Gasteiger partial charge in [0.05, 0.1) is 11.8 Å². The van der Waals surface area contributed by atoms with Crippen LogP contribution in [0.2, 0.25) is 0 Å². The summed E-state index contributed by atoms with van der Waals surface area (Å²) in [5.74, 6) is -3.37. The van der Waals surface area contributed by atoms with E-state index < -0.39 is 35.6 Å². The largest absolute Gasteiger partial charge is 0.343 e. The van der Waals surface area contributed by atoms with Gasteiger partial charge in [-0.05, 0) is 24.3 Å². The molecule has 0 unspecified atom stereocenters. The maximum absolute atomic E-state index is 12.9. The summed E-state index contributed by atoms with van der Waals surface area (Å²) in [4.78, 5) is 48.2. The van der Waals surface area contributed by atoms with Crippen molar-refractivity contribution in [2.75, 3.05) is 6.54 Å². The van der Waals surface area contributed by atoms with Crippen LogP contribution in [0.1, 0.15) is 32.3 Å². The van der Waals surface area contributed by atoms with Crippen molar-refractivity contribution in [1.29, 1.82) is 0 Å². The second-order valence-electron chi connectivity index (χ2n) is 7.28. The van der Waals surface area contributed by atoms with Gasteiger partial charge in [0.25, 0.3) is 0 Å². The van der Waals surface area contributed by atoms with Crippen molar-refractivity contribution in [1.82, 2.24) is 21.2 Å². The minimum absolute atomic E-state index is 0.0758. The molecule has 1 saturated heterocycles. The predicted octanol–water partition coefficient (Wildman–Crippen LogP) is 1.46. The first-order valence-electron chi connectivity index (χ1n) is 9.39. The molecule has 0 spiro atoms. The molecule has 1 heterocycles. The van der Waals surface area contributed by atoms with Crippen molar-refractivity contribution in [2.45, 2.75) is 26.7 Å². The predicted molar refractivity (Wildman–Crippen MR) is 105 cm³/mol. The van der Waals surface area contributed by atoms with Crippen LogP contribution in [0.25, 0.3) is 6.08 Å². The first-order valence-corrected chi connectivity index (χ1v) is 9.39. The third kappa shape index (κ3) is 6.42. The number of imide groups is 1. The lowest BCUT2D eigenvalue weighted by Gasteiger charge is -2.27. The van der Waals surface area contributed by atoms with E-state index in [9.17, 15) is 24.4 Å².